The molecule has 1 aliphatic rings. The monoisotopic (exact) mass is 504 g/mol. The van der Waals surface area contributed by atoms with Crippen molar-refractivity contribution in [3.8, 4) is 5.75 Å². The molecule has 0 bridgehead atoms. The Bertz CT molecular complexity index is 1190. The molecule has 0 radical (unpaired) electrons. The zero-order chi connectivity index (χ0) is 25.8. The highest BCUT2D eigenvalue weighted by molar-refractivity contribution is 7.86. The summed E-state index contributed by atoms with van der Waals surface area (Å²) in [4.78, 5) is 35.3. The summed E-state index contributed by atoms with van der Waals surface area (Å²) in [7, 11) is -3.84. The summed E-state index contributed by atoms with van der Waals surface area (Å²) in [5.74, 6) is -0.296. The Morgan fingerprint density at radius 2 is 1.80 bits per heavy atom. The standard InChI is InChI=1S/C23H32N6O5S/c1-14(2)15(3)26-21-18(20(24)30)13-25-23(28-21)27-16-8-9-19(34-35(4,32)33)17(12-16)22(31)29-10-6-5-7-11-29/h8-9,12-15H,5-7,10-11H2,1-4H3,(H2,24,30)(H2,25,26,27,28)/t15-/m1/s1. The molecule has 190 valence electrons. The Balaban J connectivity index is 1.94. The molecule has 2 heterocycles. The number of nitrogens with two attached hydrogens (primary N) is 1. The van der Waals surface area contributed by atoms with Gasteiger partial charge in [-0.1, -0.05) is 13.8 Å². The van der Waals surface area contributed by atoms with Crippen molar-refractivity contribution in [2.45, 2.75) is 46.1 Å². The summed E-state index contributed by atoms with van der Waals surface area (Å²) in [6, 6.07) is 4.49. The molecule has 11 nitrogen and oxygen atoms in total. The summed E-state index contributed by atoms with van der Waals surface area (Å²) in [5, 5.41) is 6.20. The van der Waals surface area contributed by atoms with Gasteiger partial charge in [0.1, 0.15) is 5.82 Å². The smallest absolute Gasteiger partial charge is 0.306 e. The number of carbonyl (C=O) groups is 2. The number of nitrogens with one attached hydrogen (secondary N) is 2. The number of likely N-dealkylation sites (tertiary alicyclic amines) is 1. The first kappa shape index (κ1) is 26.2. The van der Waals surface area contributed by atoms with Crippen molar-refractivity contribution in [3.63, 3.8) is 0 Å². The minimum atomic E-state index is -3.84. The highest BCUT2D eigenvalue weighted by Crippen LogP contribution is 2.28. The van der Waals surface area contributed by atoms with Crippen LogP contribution in [0.3, 0.4) is 0 Å². The minimum absolute atomic E-state index is 0.0112. The number of anilines is 3. The average molecular weight is 505 g/mol. The predicted octanol–water partition coefficient (Wildman–Crippen LogP) is 2.74. The van der Waals surface area contributed by atoms with Gasteiger partial charge in [0.15, 0.2) is 5.75 Å². The number of primary amides is 1. The number of amides is 2. The van der Waals surface area contributed by atoms with E-state index in [1.165, 1.54) is 18.3 Å². The third-order valence-electron chi connectivity index (χ3n) is 5.77. The van der Waals surface area contributed by atoms with Gasteiger partial charge >= 0.3 is 10.1 Å². The largest absolute Gasteiger partial charge is 0.382 e. The van der Waals surface area contributed by atoms with Gasteiger partial charge in [0.05, 0.1) is 17.4 Å². The topological polar surface area (TPSA) is 157 Å². The molecule has 3 rings (SSSR count). The molecule has 12 heteroatoms. The lowest BCUT2D eigenvalue weighted by atomic mass is 10.1. The van der Waals surface area contributed by atoms with Gasteiger partial charge in [-0.15, -0.1) is 0 Å². The maximum atomic E-state index is 13.2. The van der Waals surface area contributed by atoms with Crippen LogP contribution < -0.4 is 20.6 Å². The molecule has 0 unspecified atom stereocenters. The van der Waals surface area contributed by atoms with E-state index in [-0.39, 0.29) is 46.5 Å². The molecule has 1 saturated heterocycles. The number of rotatable bonds is 9. The molecule has 2 amide bonds. The Hall–Kier alpha value is -3.41. The fraction of sp³-hybridized carbons (Fsp3) is 0.478. The van der Waals surface area contributed by atoms with E-state index in [0.717, 1.165) is 25.5 Å². The maximum Gasteiger partial charge on any atom is 0.306 e. The average Bonchev–Trinajstić information content (AvgIpc) is 2.79. The number of benzene rings is 1. The second-order valence-corrected chi connectivity index (χ2v) is 10.5. The van der Waals surface area contributed by atoms with E-state index in [4.69, 9.17) is 9.92 Å². The normalized spacial score (nSPS) is 14.9. The van der Waals surface area contributed by atoms with E-state index >= 15 is 0 Å². The molecule has 35 heavy (non-hydrogen) atoms. The lowest BCUT2D eigenvalue weighted by Crippen LogP contribution is -2.36. The van der Waals surface area contributed by atoms with Gasteiger partial charge in [0.2, 0.25) is 5.95 Å². The third kappa shape index (κ3) is 7.04. The fourth-order valence-electron chi connectivity index (χ4n) is 3.52. The molecular weight excluding hydrogens is 472 g/mol. The summed E-state index contributed by atoms with van der Waals surface area (Å²) < 4.78 is 28.6. The second-order valence-electron chi connectivity index (χ2n) is 8.97. The fourth-order valence-corrected chi connectivity index (χ4v) is 3.99. The Labute approximate surface area is 205 Å². The van der Waals surface area contributed by atoms with E-state index in [1.807, 2.05) is 20.8 Å². The summed E-state index contributed by atoms with van der Waals surface area (Å²) >= 11 is 0. The van der Waals surface area contributed by atoms with Gasteiger partial charge in [0, 0.05) is 31.0 Å². The molecule has 2 aromatic rings. The van der Waals surface area contributed by atoms with Crippen LogP contribution >= 0.6 is 0 Å². The van der Waals surface area contributed by atoms with Crippen LogP contribution in [0.25, 0.3) is 0 Å². The van der Waals surface area contributed by atoms with Crippen LogP contribution in [-0.4, -0.2) is 60.5 Å². The van der Waals surface area contributed by atoms with Gasteiger partial charge in [-0.3, -0.25) is 9.59 Å². The van der Waals surface area contributed by atoms with Crippen molar-refractivity contribution in [2.75, 3.05) is 30.0 Å². The summed E-state index contributed by atoms with van der Waals surface area (Å²) in [6.45, 7) is 7.21. The number of aromatic nitrogens is 2. The Morgan fingerprint density at radius 1 is 1.11 bits per heavy atom. The number of hydrogen-bond donors (Lipinski definition) is 3. The number of hydrogen-bond acceptors (Lipinski definition) is 9. The first-order valence-corrected chi connectivity index (χ1v) is 13.3. The Morgan fingerprint density at radius 3 is 2.40 bits per heavy atom. The lowest BCUT2D eigenvalue weighted by Gasteiger charge is -2.27. The number of piperidine rings is 1. The first-order chi connectivity index (χ1) is 16.4. The maximum absolute atomic E-state index is 13.2. The predicted molar refractivity (Wildman–Crippen MR) is 133 cm³/mol. The second kappa shape index (κ2) is 10.9. The van der Waals surface area contributed by atoms with Gasteiger partial charge in [-0.2, -0.15) is 13.4 Å². The quantitative estimate of drug-likeness (QED) is 0.437. The van der Waals surface area contributed by atoms with Crippen molar-refractivity contribution >= 4 is 39.4 Å². The molecule has 4 N–H and O–H groups in total. The van der Waals surface area contributed by atoms with Gasteiger partial charge in [0.25, 0.3) is 11.8 Å². The highest BCUT2D eigenvalue weighted by Gasteiger charge is 2.24. The van der Waals surface area contributed by atoms with Crippen LogP contribution in [0.15, 0.2) is 24.4 Å². The van der Waals surface area contributed by atoms with E-state index in [0.29, 0.717) is 18.8 Å². The van der Waals surface area contributed by atoms with Crippen molar-refractivity contribution in [2.24, 2.45) is 11.7 Å². The minimum Gasteiger partial charge on any atom is -0.382 e. The SMILES string of the molecule is CC(C)[C@@H](C)Nc1nc(Nc2ccc(OS(C)(=O)=O)c(C(=O)N3CCCCC3)c2)ncc1C(N)=O. The highest BCUT2D eigenvalue weighted by atomic mass is 32.2. The zero-order valence-corrected chi connectivity index (χ0v) is 21.2. The summed E-state index contributed by atoms with van der Waals surface area (Å²) in [6.07, 6.45) is 5.07. The van der Waals surface area contributed by atoms with E-state index in [2.05, 4.69) is 20.6 Å². The van der Waals surface area contributed by atoms with E-state index < -0.39 is 16.0 Å². The van der Waals surface area contributed by atoms with Crippen molar-refractivity contribution in [1.29, 1.82) is 0 Å². The van der Waals surface area contributed by atoms with Gasteiger partial charge in [-0.05, 0) is 50.3 Å². The first-order valence-electron chi connectivity index (χ1n) is 11.5. The van der Waals surface area contributed by atoms with E-state index in [9.17, 15) is 18.0 Å². The van der Waals surface area contributed by atoms with Gasteiger partial charge in [-0.25, -0.2) is 4.98 Å². The van der Waals surface area contributed by atoms with Crippen LogP contribution in [0.5, 0.6) is 5.75 Å². The molecule has 0 aliphatic carbocycles. The molecule has 1 atom stereocenters. The molecule has 1 aromatic carbocycles. The van der Waals surface area contributed by atoms with Crippen LogP contribution in [0.2, 0.25) is 0 Å². The number of nitrogens with zero attached hydrogens (tertiary/aromatic N) is 3. The zero-order valence-electron chi connectivity index (χ0n) is 20.4. The number of carbonyl (C=O) groups excluding carboxylic acids is 2. The van der Waals surface area contributed by atoms with Crippen LogP contribution in [0.4, 0.5) is 17.5 Å². The molecule has 0 saturated carbocycles. The third-order valence-corrected chi connectivity index (χ3v) is 6.25. The molecule has 1 fully saturated rings. The van der Waals surface area contributed by atoms with Crippen LogP contribution in [-0.2, 0) is 10.1 Å². The van der Waals surface area contributed by atoms with Crippen molar-refractivity contribution in [3.05, 3.63) is 35.5 Å². The lowest BCUT2D eigenvalue weighted by molar-refractivity contribution is 0.0722. The summed E-state index contributed by atoms with van der Waals surface area (Å²) in [5.41, 5.74) is 6.19. The van der Waals surface area contributed by atoms with Crippen LogP contribution in [0, 0.1) is 5.92 Å². The Kier molecular flexibility index (Phi) is 8.15. The van der Waals surface area contributed by atoms with E-state index in [1.54, 1.807) is 11.0 Å². The molecule has 0 spiro atoms. The molecule has 1 aromatic heterocycles. The van der Waals surface area contributed by atoms with Crippen molar-refractivity contribution < 1.29 is 22.2 Å². The van der Waals surface area contributed by atoms with Gasteiger partial charge < -0.3 is 25.5 Å². The molecule has 1 aliphatic heterocycles. The van der Waals surface area contributed by atoms with Crippen LogP contribution in [0.1, 0.15) is 60.7 Å². The van der Waals surface area contributed by atoms with Crippen molar-refractivity contribution in [1.82, 2.24) is 14.9 Å². The molecular formula is C23H32N6O5S.